The van der Waals surface area contributed by atoms with Crippen molar-refractivity contribution in [3.63, 3.8) is 0 Å². The molecule has 154 valence electrons. The number of nitrogens with one attached hydrogen (secondary N) is 1. The molecule has 0 fully saturated rings. The number of thioether (sulfide) groups is 1. The molecule has 2 heterocycles. The van der Waals surface area contributed by atoms with Gasteiger partial charge in [-0.3, -0.25) is 4.79 Å². The lowest BCUT2D eigenvalue weighted by atomic mass is 9.85. The number of nitrogens with zero attached hydrogens (tertiary/aromatic N) is 3. The van der Waals surface area contributed by atoms with Crippen molar-refractivity contribution in [1.29, 1.82) is 0 Å². The first-order valence-corrected chi connectivity index (χ1v) is 10.8. The van der Waals surface area contributed by atoms with Crippen molar-refractivity contribution in [3.05, 3.63) is 35.0 Å². The molecule has 1 aromatic heterocycles. The molecule has 1 aliphatic carbocycles. The lowest BCUT2D eigenvalue weighted by Crippen LogP contribution is -2.31. The van der Waals surface area contributed by atoms with Gasteiger partial charge in [-0.2, -0.15) is 4.98 Å². The first kappa shape index (κ1) is 19.8. The number of allylic oxidation sites excluding steroid dienone is 2. The van der Waals surface area contributed by atoms with Gasteiger partial charge in [0.25, 0.3) is 0 Å². The summed E-state index contributed by atoms with van der Waals surface area (Å²) in [6.45, 7) is 4.34. The Balaban J connectivity index is 1.83. The number of ether oxygens (including phenoxy) is 2. The number of anilines is 1. The third-order valence-electron chi connectivity index (χ3n) is 5.13. The van der Waals surface area contributed by atoms with E-state index in [1.807, 2.05) is 22.9 Å². The van der Waals surface area contributed by atoms with Crippen LogP contribution in [0.25, 0.3) is 0 Å². The molecule has 29 heavy (non-hydrogen) atoms. The molecule has 4 rings (SSSR count). The molecule has 8 heteroatoms. The Hall–Kier alpha value is -2.48. The number of aromatic nitrogens is 3. The molecule has 2 aromatic rings. The van der Waals surface area contributed by atoms with Crippen LogP contribution in [0.5, 0.6) is 11.5 Å². The SMILES string of the molecule is COc1ccc(C2C3=C(CCCC3=O)Nc3nc(SCC(C)C)nn32)c(OC)c1. The average molecular weight is 415 g/mol. The zero-order chi connectivity index (χ0) is 20.5. The van der Waals surface area contributed by atoms with Crippen LogP contribution in [0.3, 0.4) is 0 Å². The second-order valence-electron chi connectivity index (χ2n) is 7.67. The molecule has 1 aliphatic heterocycles. The monoisotopic (exact) mass is 414 g/mol. The molecular weight excluding hydrogens is 388 g/mol. The van der Waals surface area contributed by atoms with Gasteiger partial charge in [0.05, 0.1) is 14.2 Å². The third-order valence-corrected chi connectivity index (χ3v) is 6.39. The number of methoxy groups -OCH3 is 2. The number of hydrogen-bond donors (Lipinski definition) is 1. The molecular formula is C21H26N4O3S. The molecule has 1 unspecified atom stereocenters. The first-order chi connectivity index (χ1) is 14.0. The summed E-state index contributed by atoms with van der Waals surface area (Å²) in [5.41, 5.74) is 2.59. The Morgan fingerprint density at radius 2 is 2.10 bits per heavy atom. The van der Waals surface area contributed by atoms with Crippen molar-refractivity contribution in [1.82, 2.24) is 14.8 Å². The van der Waals surface area contributed by atoms with E-state index >= 15 is 0 Å². The number of Topliss-reactive ketones (excluding diaryl/α,β-unsaturated/α-hetero) is 1. The molecule has 0 amide bonds. The van der Waals surface area contributed by atoms with Crippen molar-refractivity contribution in [2.45, 2.75) is 44.3 Å². The summed E-state index contributed by atoms with van der Waals surface area (Å²) in [6.07, 6.45) is 2.23. The Bertz CT molecular complexity index is 967. The molecule has 0 radical (unpaired) electrons. The predicted molar refractivity (Wildman–Crippen MR) is 113 cm³/mol. The van der Waals surface area contributed by atoms with Gasteiger partial charge in [0.2, 0.25) is 11.1 Å². The summed E-state index contributed by atoms with van der Waals surface area (Å²) in [5.74, 6) is 3.67. The van der Waals surface area contributed by atoms with Gasteiger partial charge in [-0.1, -0.05) is 25.6 Å². The molecule has 2 aliphatic rings. The summed E-state index contributed by atoms with van der Waals surface area (Å²) in [7, 11) is 3.25. The van der Waals surface area contributed by atoms with E-state index in [-0.39, 0.29) is 11.8 Å². The molecule has 1 atom stereocenters. The van der Waals surface area contributed by atoms with E-state index in [0.29, 0.717) is 34.9 Å². The van der Waals surface area contributed by atoms with Gasteiger partial charge in [-0.15, -0.1) is 5.10 Å². The van der Waals surface area contributed by atoms with E-state index < -0.39 is 0 Å². The fourth-order valence-electron chi connectivity index (χ4n) is 3.77. The van der Waals surface area contributed by atoms with Gasteiger partial charge >= 0.3 is 0 Å². The van der Waals surface area contributed by atoms with E-state index in [9.17, 15) is 4.79 Å². The molecule has 0 saturated heterocycles. The smallest absolute Gasteiger partial charge is 0.227 e. The Labute approximate surface area is 174 Å². The maximum atomic E-state index is 12.9. The van der Waals surface area contributed by atoms with Crippen LogP contribution in [-0.4, -0.2) is 40.5 Å². The molecule has 1 N–H and O–H groups in total. The number of benzene rings is 1. The standard InChI is InChI=1S/C21H26N4O3S/c1-12(2)11-29-21-23-20-22-15-6-5-7-16(26)18(15)19(25(20)24-21)14-9-8-13(27-3)10-17(14)28-4/h8-10,12,19H,5-7,11H2,1-4H3,(H,22,23,24). The van der Waals surface area contributed by atoms with E-state index in [1.54, 1.807) is 26.0 Å². The quantitative estimate of drug-likeness (QED) is 0.714. The van der Waals surface area contributed by atoms with Crippen LogP contribution in [0.1, 0.15) is 44.7 Å². The van der Waals surface area contributed by atoms with Crippen molar-refractivity contribution in [2.75, 3.05) is 25.3 Å². The third kappa shape index (κ3) is 3.73. The maximum Gasteiger partial charge on any atom is 0.227 e. The Kier molecular flexibility index (Phi) is 5.54. The molecule has 0 bridgehead atoms. The van der Waals surface area contributed by atoms with E-state index in [0.717, 1.165) is 35.4 Å². The summed E-state index contributed by atoms with van der Waals surface area (Å²) in [4.78, 5) is 17.6. The predicted octanol–water partition coefficient (Wildman–Crippen LogP) is 4.07. The highest BCUT2D eigenvalue weighted by atomic mass is 32.2. The van der Waals surface area contributed by atoms with Crippen LogP contribution in [0.15, 0.2) is 34.6 Å². The van der Waals surface area contributed by atoms with Crippen LogP contribution in [0, 0.1) is 5.92 Å². The topological polar surface area (TPSA) is 78.3 Å². The molecule has 1 aromatic carbocycles. The molecule has 0 spiro atoms. The van der Waals surface area contributed by atoms with Gasteiger partial charge in [-0.25, -0.2) is 4.68 Å². The largest absolute Gasteiger partial charge is 0.497 e. The van der Waals surface area contributed by atoms with Crippen molar-refractivity contribution >= 4 is 23.5 Å². The summed E-state index contributed by atoms with van der Waals surface area (Å²) < 4.78 is 12.8. The van der Waals surface area contributed by atoms with Crippen LogP contribution in [0.2, 0.25) is 0 Å². The van der Waals surface area contributed by atoms with E-state index in [1.165, 1.54) is 0 Å². The Morgan fingerprint density at radius 3 is 2.83 bits per heavy atom. The maximum absolute atomic E-state index is 12.9. The number of ketones is 1. The number of carbonyl (C=O) groups excluding carboxylic acids is 1. The van der Waals surface area contributed by atoms with Gasteiger partial charge in [-0.05, 0) is 30.9 Å². The van der Waals surface area contributed by atoms with Crippen molar-refractivity contribution < 1.29 is 14.3 Å². The van der Waals surface area contributed by atoms with Crippen molar-refractivity contribution in [3.8, 4) is 11.5 Å². The highest BCUT2D eigenvalue weighted by Crippen LogP contribution is 2.44. The van der Waals surface area contributed by atoms with Crippen LogP contribution in [-0.2, 0) is 4.79 Å². The minimum absolute atomic E-state index is 0.152. The summed E-state index contributed by atoms with van der Waals surface area (Å²) >= 11 is 1.63. The van der Waals surface area contributed by atoms with E-state index in [4.69, 9.17) is 19.6 Å². The fraction of sp³-hybridized carbons (Fsp3) is 0.476. The second-order valence-corrected chi connectivity index (χ2v) is 8.66. The number of rotatable bonds is 6. The lowest BCUT2D eigenvalue weighted by Gasteiger charge is -2.32. The highest BCUT2D eigenvalue weighted by molar-refractivity contribution is 7.99. The second kappa shape index (κ2) is 8.10. The highest BCUT2D eigenvalue weighted by Gasteiger charge is 2.38. The summed E-state index contributed by atoms with van der Waals surface area (Å²) in [5, 5.41) is 8.84. The lowest BCUT2D eigenvalue weighted by molar-refractivity contribution is -0.116. The van der Waals surface area contributed by atoms with Crippen LogP contribution < -0.4 is 14.8 Å². The first-order valence-electron chi connectivity index (χ1n) is 9.86. The van der Waals surface area contributed by atoms with Crippen LogP contribution >= 0.6 is 11.8 Å². The summed E-state index contributed by atoms with van der Waals surface area (Å²) in [6, 6.07) is 5.32. The molecule has 0 saturated carbocycles. The van der Waals surface area contributed by atoms with Crippen molar-refractivity contribution in [2.24, 2.45) is 5.92 Å². The van der Waals surface area contributed by atoms with E-state index in [2.05, 4.69) is 19.2 Å². The van der Waals surface area contributed by atoms with Crippen LogP contribution in [0.4, 0.5) is 5.95 Å². The minimum atomic E-state index is -0.365. The Morgan fingerprint density at radius 1 is 1.28 bits per heavy atom. The molecule has 7 nitrogen and oxygen atoms in total. The zero-order valence-electron chi connectivity index (χ0n) is 17.2. The number of fused-ring (bicyclic) bond motifs is 1. The van der Waals surface area contributed by atoms with Gasteiger partial charge in [0.15, 0.2) is 5.78 Å². The average Bonchev–Trinajstić information content (AvgIpc) is 3.13. The zero-order valence-corrected chi connectivity index (χ0v) is 18.0. The normalized spacial score (nSPS) is 18.4. The number of carbonyl (C=O) groups is 1. The van der Waals surface area contributed by atoms with Gasteiger partial charge in [0.1, 0.15) is 17.5 Å². The van der Waals surface area contributed by atoms with Gasteiger partial charge < -0.3 is 14.8 Å². The fourth-order valence-corrected chi connectivity index (χ4v) is 4.55. The minimum Gasteiger partial charge on any atom is -0.497 e. The number of hydrogen-bond acceptors (Lipinski definition) is 7. The van der Waals surface area contributed by atoms with Gasteiger partial charge in [0, 0.05) is 35.1 Å².